The van der Waals surface area contributed by atoms with Gasteiger partial charge in [-0.15, -0.1) is 0 Å². The average molecular weight is 239 g/mol. The Morgan fingerprint density at radius 2 is 2.00 bits per heavy atom. The monoisotopic (exact) mass is 239 g/mol. The molecule has 1 rings (SSSR count). The second kappa shape index (κ2) is 5.83. The molecule has 0 spiro atoms. The normalized spacial score (nSPS) is 9.76. The van der Waals surface area contributed by atoms with Crippen molar-refractivity contribution in [3.8, 4) is 0 Å². The molecule has 0 unspecified atom stereocenters. The summed E-state index contributed by atoms with van der Waals surface area (Å²) < 4.78 is 9.72. The number of carbonyl (C=O) groups excluding carboxylic acids is 3. The van der Waals surface area contributed by atoms with E-state index < -0.39 is 11.8 Å². The number of nitrogens with one attached hydrogen (secondary N) is 1. The van der Waals surface area contributed by atoms with Crippen molar-refractivity contribution in [3.05, 3.63) is 23.7 Å². The van der Waals surface area contributed by atoms with E-state index in [0.717, 1.165) is 0 Å². The summed E-state index contributed by atoms with van der Waals surface area (Å²) in [5, 5.41) is 2.53. The molecule has 0 aromatic carbocycles. The first-order valence-electron chi connectivity index (χ1n) is 4.98. The topological polar surface area (TPSA) is 85.6 Å². The number of carbonyl (C=O) groups is 3. The molecular formula is C11H13NO5. The molecule has 1 amide bonds. The Balaban J connectivity index is 2.52. The third kappa shape index (κ3) is 4.50. The Hall–Kier alpha value is -2.11. The summed E-state index contributed by atoms with van der Waals surface area (Å²) in [5.74, 6) is -0.565. The molecule has 1 heterocycles. The number of Topliss-reactive ketones (excluding diaryl/α,β-unsaturated/α-hetero) is 1. The van der Waals surface area contributed by atoms with Crippen LogP contribution in [0, 0.1) is 0 Å². The number of ketones is 1. The molecule has 1 aromatic heterocycles. The lowest BCUT2D eigenvalue weighted by molar-refractivity contribution is -0.139. The van der Waals surface area contributed by atoms with Gasteiger partial charge in [0.2, 0.25) is 11.7 Å². The lowest BCUT2D eigenvalue weighted by Crippen LogP contribution is -2.18. The quantitative estimate of drug-likeness (QED) is 0.602. The number of esters is 1. The molecule has 1 N–H and O–H groups in total. The van der Waals surface area contributed by atoms with Crippen LogP contribution >= 0.6 is 0 Å². The maximum Gasteiger partial charge on any atom is 0.303 e. The highest BCUT2D eigenvalue weighted by atomic mass is 16.5. The fourth-order valence-electron chi connectivity index (χ4n) is 1.07. The molecule has 1 aromatic rings. The second-order valence-corrected chi connectivity index (χ2v) is 3.38. The molecular weight excluding hydrogens is 226 g/mol. The predicted octanol–water partition coefficient (Wildman–Crippen LogP) is 0.661. The van der Waals surface area contributed by atoms with Crippen molar-refractivity contribution < 1.29 is 23.5 Å². The van der Waals surface area contributed by atoms with Crippen LogP contribution in [0.15, 0.2) is 16.5 Å². The molecule has 0 saturated carbocycles. The van der Waals surface area contributed by atoms with Gasteiger partial charge in [-0.2, -0.15) is 0 Å². The van der Waals surface area contributed by atoms with E-state index in [1.54, 1.807) is 6.07 Å². The molecule has 0 saturated heterocycles. The third-order valence-electron chi connectivity index (χ3n) is 1.85. The van der Waals surface area contributed by atoms with Crippen molar-refractivity contribution in [2.45, 2.75) is 20.4 Å². The van der Waals surface area contributed by atoms with Crippen LogP contribution in [-0.2, 0) is 20.9 Å². The van der Waals surface area contributed by atoms with Crippen LogP contribution < -0.4 is 5.32 Å². The smallest absolute Gasteiger partial charge is 0.303 e. The molecule has 0 bridgehead atoms. The summed E-state index contributed by atoms with van der Waals surface area (Å²) in [7, 11) is 0. The fraction of sp³-hybridized carbons (Fsp3) is 0.364. The zero-order chi connectivity index (χ0) is 12.8. The van der Waals surface area contributed by atoms with E-state index in [4.69, 9.17) is 4.42 Å². The molecule has 6 nitrogen and oxygen atoms in total. The van der Waals surface area contributed by atoms with Gasteiger partial charge in [0, 0.05) is 13.8 Å². The minimum Gasteiger partial charge on any atom is -0.457 e. The molecule has 0 fully saturated rings. The van der Waals surface area contributed by atoms with Crippen LogP contribution in [0.2, 0.25) is 0 Å². The molecule has 0 aliphatic rings. The van der Waals surface area contributed by atoms with Gasteiger partial charge in [-0.25, -0.2) is 0 Å². The fourth-order valence-corrected chi connectivity index (χ4v) is 1.07. The van der Waals surface area contributed by atoms with E-state index in [1.807, 2.05) is 0 Å². The number of furan rings is 1. The van der Waals surface area contributed by atoms with Crippen molar-refractivity contribution in [1.29, 1.82) is 0 Å². The standard InChI is InChI=1S/C11H13NO5/c1-7(13)12-5-9-3-4-11(17-9)10(15)6-16-8(2)14/h3-4H,5-6H2,1-2H3,(H,12,13). The van der Waals surface area contributed by atoms with Gasteiger partial charge < -0.3 is 14.5 Å². The van der Waals surface area contributed by atoms with Gasteiger partial charge in [-0.1, -0.05) is 0 Å². The van der Waals surface area contributed by atoms with Gasteiger partial charge in [0.15, 0.2) is 12.4 Å². The number of amides is 1. The van der Waals surface area contributed by atoms with Gasteiger partial charge in [0.1, 0.15) is 5.76 Å². The average Bonchev–Trinajstić information content (AvgIpc) is 2.71. The van der Waals surface area contributed by atoms with Gasteiger partial charge in [0.25, 0.3) is 0 Å². The first kappa shape index (κ1) is 13.0. The lowest BCUT2D eigenvalue weighted by Gasteiger charge is -1.99. The SMILES string of the molecule is CC(=O)NCc1ccc(C(=O)COC(C)=O)o1. The van der Waals surface area contributed by atoms with Crippen molar-refractivity contribution in [1.82, 2.24) is 5.32 Å². The van der Waals surface area contributed by atoms with Crippen LogP contribution in [0.25, 0.3) is 0 Å². The minimum absolute atomic E-state index is 0.103. The highest BCUT2D eigenvalue weighted by molar-refractivity contribution is 5.95. The highest BCUT2D eigenvalue weighted by Crippen LogP contribution is 2.08. The Morgan fingerprint density at radius 1 is 1.29 bits per heavy atom. The summed E-state index contributed by atoms with van der Waals surface area (Å²) in [6.45, 7) is 2.48. The van der Waals surface area contributed by atoms with E-state index in [0.29, 0.717) is 5.76 Å². The summed E-state index contributed by atoms with van der Waals surface area (Å²) in [6.07, 6.45) is 0. The Bertz CT molecular complexity index is 435. The predicted molar refractivity (Wildman–Crippen MR) is 57.2 cm³/mol. The molecule has 0 aliphatic carbocycles. The number of hydrogen-bond donors (Lipinski definition) is 1. The Kier molecular flexibility index (Phi) is 4.45. The highest BCUT2D eigenvalue weighted by Gasteiger charge is 2.12. The van der Waals surface area contributed by atoms with Crippen LogP contribution in [0.4, 0.5) is 0 Å². The van der Waals surface area contributed by atoms with E-state index in [-0.39, 0.29) is 24.8 Å². The summed E-state index contributed by atoms with van der Waals surface area (Å²) in [5.41, 5.74) is 0. The zero-order valence-corrected chi connectivity index (χ0v) is 9.61. The maximum atomic E-state index is 11.4. The maximum absolute atomic E-state index is 11.4. The molecule has 6 heteroatoms. The number of hydrogen-bond acceptors (Lipinski definition) is 5. The van der Waals surface area contributed by atoms with E-state index >= 15 is 0 Å². The molecule has 0 aliphatic heterocycles. The van der Waals surface area contributed by atoms with Crippen molar-refractivity contribution >= 4 is 17.7 Å². The first-order valence-corrected chi connectivity index (χ1v) is 4.98. The van der Waals surface area contributed by atoms with Crippen molar-refractivity contribution in [2.24, 2.45) is 0 Å². The van der Waals surface area contributed by atoms with Gasteiger partial charge in [-0.05, 0) is 12.1 Å². The van der Waals surface area contributed by atoms with Crippen LogP contribution in [0.3, 0.4) is 0 Å². The van der Waals surface area contributed by atoms with Gasteiger partial charge in [0.05, 0.1) is 6.54 Å². The van der Waals surface area contributed by atoms with Crippen molar-refractivity contribution in [3.63, 3.8) is 0 Å². The Labute approximate surface area is 97.9 Å². The largest absolute Gasteiger partial charge is 0.457 e. The second-order valence-electron chi connectivity index (χ2n) is 3.38. The van der Waals surface area contributed by atoms with Gasteiger partial charge >= 0.3 is 5.97 Å². The van der Waals surface area contributed by atoms with E-state index in [1.165, 1.54) is 19.9 Å². The van der Waals surface area contributed by atoms with Crippen LogP contribution in [0.1, 0.15) is 30.2 Å². The molecule has 0 radical (unpaired) electrons. The number of rotatable bonds is 5. The number of ether oxygens (including phenoxy) is 1. The lowest BCUT2D eigenvalue weighted by atomic mass is 10.3. The molecule has 92 valence electrons. The van der Waals surface area contributed by atoms with Crippen molar-refractivity contribution in [2.75, 3.05) is 6.61 Å². The molecule has 0 atom stereocenters. The first-order chi connectivity index (χ1) is 7.99. The van der Waals surface area contributed by atoms with Crippen LogP contribution in [-0.4, -0.2) is 24.3 Å². The summed E-state index contributed by atoms with van der Waals surface area (Å²) >= 11 is 0. The summed E-state index contributed by atoms with van der Waals surface area (Å²) in [6, 6.07) is 3.06. The molecule has 17 heavy (non-hydrogen) atoms. The minimum atomic E-state index is -0.525. The summed E-state index contributed by atoms with van der Waals surface area (Å²) in [4.78, 5) is 32.6. The van der Waals surface area contributed by atoms with E-state index in [2.05, 4.69) is 10.1 Å². The zero-order valence-electron chi connectivity index (χ0n) is 9.61. The van der Waals surface area contributed by atoms with Crippen LogP contribution in [0.5, 0.6) is 0 Å². The van der Waals surface area contributed by atoms with E-state index in [9.17, 15) is 14.4 Å². The Morgan fingerprint density at radius 3 is 2.59 bits per heavy atom. The van der Waals surface area contributed by atoms with Gasteiger partial charge in [-0.3, -0.25) is 14.4 Å². The third-order valence-corrected chi connectivity index (χ3v) is 1.85.